The van der Waals surface area contributed by atoms with Gasteiger partial charge in [0.1, 0.15) is 5.82 Å². The maximum atomic E-state index is 13.3. The molecule has 8 heteroatoms. The van der Waals surface area contributed by atoms with Gasteiger partial charge in [-0.25, -0.2) is 21.6 Å². The van der Waals surface area contributed by atoms with E-state index < -0.39 is 38.4 Å². The Morgan fingerprint density at radius 2 is 1.89 bits per heavy atom. The molecule has 0 aliphatic rings. The summed E-state index contributed by atoms with van der Waals surface area (Å²) >= 11 is 0. The number of sulfonamides is 1. The van der Waals surface area contributed by atoms with Crippen LogP contribution in [0.2, 0.25) is 0 Å². The molecule has 0 saturated heterocycles. The number of halogens is 3. The Kier molecular flexibility index (Phi) is 4.58. The fourth-order valence-electron chi connectivity index (χ4n) is 1.28. The van der Waals surface area contributed by atoms with E-state index in [-0.39, 0.29) is 6.54 Å². The third-order valence-electron chi connectivity index (χ3n) is 2.27. The summed E-state index contributed by atoms with van der Waals surface area (Å²) in [7, 11) is -2.37. The zero-order valence-corrected chi connectivity index (χ0v) is 10.6. The molecule has 1 aromatic carbocycles. The highest BCUT2D eigenvalue weighted by Gasteiger charge is 2.22. The summed E-state index contributed by atoms with van der Waals surface area (Å²) in [6.45, 7) is 1.50. The summed E-state index contributed by atoms with van der Waals surface area (Å²) in [5.74, 6) is -3.95. The molecule has 0 fully saturated rings. The van der Waals surface area contributed by atoms with Gasteiger partial charge in [0.2, 0.25) is 10.0 Å². The van der Waals surface area contributed by atoms with Crippen LogP contribution in [0.4, 0.5) is 18.9 Å². The van der Waals surface area contributed by atoms with Crippen LogP contribution in [-0.2, 0) is 10.0 Å². The lowest BCUT2D eigenvalue weighted by molar-refractivity contribution is 0.498. The summed E-state index contributed by atoms with van der Waals surface area (Å²) < 4.78 is 64.3. The number of hydrogen-bond acceptors (Lipinski definition) is 3. The predicted molar refractivity (Wildman–Crippen MR) is 62.2 cm³/mol. The highest BCUT2D eigenvalue weighted by atomic mass is 32.2. The number of anilines is 1. The largest absolute Gasteiger partial charge is 0.318 e. The molecule has 0 amide bonds. The molecule has 0 aliphatic heterocycles. The molecule has 0 spiro atoms. The van der Waals surface area contributed by atoms with E-state index in [1.165, 1.54) is 6.92 Å². The quantitative estimate of drug-likeness (QED) is 0.804. The molecular formula is C10H13F3N2O2S. The molecule has 1 unspecified atom stereocenters. The second-order valence-corrected chi connectivity index (χ2v) is 5.86. The standard InChI is InChI=1S/C10H13F3N2O2S/c1-6(5-14-2)18(16,17)15-9-4-7(11)3-8(12)10(9)13/h3-4,6,14-15H,5H2,1-2H3. The maximum absolute atomic E-state index is 13.3. The van der Waals surface area contributed by atoms with E-state index in [0.717, 1.165) is 0 Å². The lowest BCUT2D eigenvalue weighted by Crippen LogP contribution is -2.33. The van der Waals surface area contributed by atoms with E-state index in [9.17, 15) is 21.6 Å². The molecule has 0 saturated carbocycles. The van der Waals surface area contributed by atoms with Crippen LogP contribution in [0.15, 0.2) is 12.1 Å². The molecule has 0 aliphatic carbocycles. The minimum absolute atomic E-state index is 0.120. The summed E-state index contributed by atoms with van der Waals surface area (Å²) in [4.78, 5) is 0. The molecule has 1 atom stereocenters. The molecule has 0 radical (unpaired) electrons. The van der Waals surface area contributed by atoms with Crippen molar-refractivity contribution < 1.29 is 21.6 Å². The molecule has 2 N–H and O–H groups in total. The fourth-order valence-corrected chi connectivity index (χ4v) is 2.32. The fraction of sp³-hybridized carbons (Fsp3) is 0.400. The van der Waals surface area contributed by atoms with Crippen LogP contribution in [0, 0.1) is 17.5 Å². The first kappa shape index (κ1) is 14.8. The smallest absolute Gasteiger partial charge is 0.236 e. The van der Waals surface area contributed by atoms with Crippen molar-refractivity contribution in [1.29, 1.82) is 0 Å². The van der Waals surface area contributed by atoms with Crippen molar-refractivity contribution in [3.05, 3.63) is 29.6 Å². The van der Waals surface area contributed by atoms with Gasteiger partial charge in [0.05, 0.1) is 10.9 Å². The van der Waals surface area contributed by atoms with Crippen molar-refractivity contribution in [3.8, 4) is 0 Å². The van der Waals surface area contributed by atoms with Crippen LogP contribution in [0.3, 0.4) is 0 Å². The van der Waals surface area contributed by atoms with Crippen LogP contribution < -0.4 is 10.0 Å². The van der Waals surface area contributed by atoms with E-state index in [1.54, 1.807) is 7.05 Å². The normalized spacial score (nSPS) is 13.4. The van der Waals surface area contributed by atoms with Gasteiger partial charge in [-0.15, -0.1) is 0 Å². The van der Waals surface area contributed by atoms with Crippen molar-refractivity contribution in [2.45, 2.75) is 12.2 Å². The summed E-state index contributed by atoms with van der Waals surface area (Å²) in [5.41, 5.74) is -0.740. The molecule has 1 rings (SSSR count). The molecule has 0 aromatic heterocycles. The third kappa shape index (κ3) is 3.36. The SMILES string of the molecule is CNCC(C)S(=O)(=O)Nc1cc(F)cc(F)c1F. The second-order valence-electron chi connectivity index (χ2n) is 3.76. The van der Waals surface area contributed by atoms with E-state index in [2.05, 4.69) is 5.32 Å². The Bertz CT molecular complexity index is 534. The van der Waals surface area contributed by atoms with Gasteiger partial charge in [-0.2, -0.15) is 0 Å². The van der Waals surface area contributed by atoms with Gasteiger partial charge in [-0.05, 0) is 14.0 Å². The number of benzene rings is 1. The van der Waals surface area contributed by atoms with Crippen molar-refractivity contribution in [3.63, 3.8) is 0 Å². The van der Waals surface area contributed by atoms with E-state index in [4.69, 9.17) is 0 Å². The Morgan fingerprint density at radius 1 is 1.28 bits per heavy atom. The molecule has 4 nitrogen and oxygen atoms in total. The summed E-state index contributed by atoms with van der Waals surface area (Å²) in [5, 5.41) is 1.75. The highest BCUT2D eigenvalue weighted by molar-refractivity contribution is 7.93. The van der Waals surface area contributed by atoms with Gasteiger partial charge in [-0.3, -0.25) is 4.72 Å². The maximum Gasteiger partial charge on any atom is 0.236 e. The Balaban J connectivity index is 3.05. The van der Waals surface area contributed by atoms with E-state index in [0.29, 0.717) is 12.1 Å². The van der Waals surface area contributed by atoms with Gasteiger partial charge in [0.25, 0.3) is 0 Å². The number of hydrogen-bond donors (Lipinski definition) is 2. The van der Waals surface area contributed by atoms with Crippen LogP contribution in [0.1, 0.15) is 6.92 Å². The minimum atomic E-state index is -3.92. The Hall–Kier alpha value is -1.28. The van der Waals surface area contributed by atoms with Crippen LogP contribution in [-0.4, -0.2) is 27.3 Å². The van der Waals surface area contributed by atoms with Crippen molar-refractivity contribution in [2.24, 2.45) is 0 Å². The first-order valence-corrected chi connectivity index (χ1v) is 6.63. The van der Waals surface area contributed by atoms with Gasteiger partial charge < -0.3 is 5.32 Å². The van der Waals surface area contributed by atoms with Gasteiger partial charge in [-0.1, -0.05) is 0 Å². The molecule has 1 aromatic rings. The van der Waals surface area contributed by atoms with Crippen molar-refractivity contribution in [2.75, 3.05) is 18.3 Å². The van der Waals surface area contributed by atoms with E-state index >= 15 is 0 Å². The average molecular weight is 282 g/mol. The lowest BCUT2D eigenvalue weighted by Gasteiger charge is -2.15. The van der Waals surface area contributed by atoms with Crippen molar-refractivity contribution >= 4 is 15.7 Å². The molecule has 0 heterocycles. The number of rotatable bonds is 5. The zero-order valence-electron chi connectivity index (χ0n) is 9.80. The third-order valence-corrected chi connectivity index (χ3v) is 4.00. The lowest BCUT2D eigenvalue weighted by atomic mass is 10.3. The molecule has 0 bridgehead atoms. The Morgan fingerprint density at radius 3 is 2.44 bits per heavy atom. The highest BCUT2D eigenvalue weighted by Crippen LogP contribution is 2.21. The topological polar surface area (TPSA) is 58.2 Å². The molecular weight excluding hydrogens is 269 g/mol. The average Bonchev–Trinajstić information content (AvgIpc) is 2.25. The van der Waals surface area contributed by atoms with Gasteiger partial charge >= 0.3 is 0 Å². The summed E-state index contributed by atoms with van der Waals surface area (Å²) in [6.07, 6.45) is 0. The predicted octanol–water partition coefficient (Wildman–Crippen LogP) is 1.45. The molecule has 102 valence electrons. The summed E-state index contributed by atoms with van der Waals surface area (Å²) in [6, 6.07) is 0.923. The Labute approximate surface area is 103 Å². The molecule has 18 heavy (non-hydrogen) atoms. The minimum Gasteiger partial charge on any atom is -0.318 e. The zero-order chi connectivity index (χ0) is 13.9. The first-order valence-electron chi connectivity index (χ1n) is 5.08. The van der Waals surface area contributed by atoms with Crippen LogP contribution >= 0.6 is 0 Å². The monoisotopic (exact) mass is 282 g/mol. The first-order chi connectivity index (χ1) is 8.27. The van der Waals surface area contributed by atoms with Crippen LogP contribution in [0.5, 0.6) is 0 Å². The second kappa shape index (κ2) is 5.57. The van der Waals surface area contributed by atoms with Gasteiger partial charge in [0.15, 0.2) is 11.6 Å². The number of nitrogens with one attached hydrogen (secondary N) is 2. The van der Waals surface area contributed by atoms with Gasteiger partial charge in [0, 0.05) is 18.7 Å². The van der Waals surface area contributed by atoms with E-state index in [1.807, 2.05) is 4.72 Å². The van der Waals surface area contributed by atoms with Crippen LogP contribution in [0.25, 0.3) is 0 Å². The van der Waals surface area contributed by atoms with Crippen molar-refractivity contribution in [1.82, 2.24) is 5.32 Å².